The van der Waals surface area contributed by atoms with Crippen molar-refractivity contribution in [1.82, 2.24) is 0 Å². The summed E-state index contributed by atoms with van der Waals surface area (Å²) >= 11 is 0. The third kappa shape index (κ3) is 2.24. The zero-order valence-electron chi connectivity index (χ0n) is 13.3. The first-order chi connectivity index (χ1) is 12.2. The lowest BCUT2D eigenvalue weighted by atomic mass is 9.93. The fourth-order valence-electron chi connectivity index (χ4n) is 3.15. The van der Waals surface area contributed by atoms with E-state index in [-0.39, 0.29) is 11.8 Å². The Labute approximate surface area is 145 Å². The molecular weight excluding hydrogens is 310 g/mol. The minimum atomic E-state index is -0.378. The standard InChI is InChI=1S/C22H13NO2/c1-2-17-18(15-9-5-3-6-10-15)13-14-19-20(17)22(25)23(21(19)24)16-11-7-4-8-12-16/h1,3-14H. The first-order valence-electron chi connectivity index (χ1n) is 7.85. The van der Waals surface area contributed by atoms with Gasteiger partial charge < -0.3 is 0 Å². The molecule has 3 aromatic rings. The van der Waals surface area contributed by atoms with Crippen molar-refractivity contribution in [3.63, 3.8) is 0 Å². The molecule has 0 saturated heterocycles. The van der Waals surface area contributed by atoms with Gasteiger partial charge in [-0.2, -0.15) is 0 Å². The number of carbonyl (C=O) groups is 2. The van der Waals surface area contributed by atoms with Gasteiger partial charge in [-0.1, -0.05) is 60.5 Å². The molecule has 0 aromatic heterocycles. The van der Waals surface area contributed by atoms with Gasteiger partial charge in [0.2, 0.25) is 0 Å². The Balaban J connectivity index is 1.91. The van der Waals surface area contributed by atoms with E-state index in [0.717, 1.165) is 11.1 Å². The molecule has 1 aliphatic rings. The first-order valence-corrected chi connectivity index (χ1v) is 7.85. The summed E-state index contributed by atoms with van der Waals surface area (Å²) in [7, 11) is 0. The van der Waals surface area contributed by atoms with Gasteiger partial charge in [0, 0.05) is 5.56 Å². The van der Waals surface area contributed by atoms with Crippen LogP contribution in [0.1, 0.15) is 26.3 Å². The lowest BCUT2D eigenvalue weighted by Gasteiger charge is -2.13. The number of hydrogen-bond donors (Lipinski definition) is 0. The summed E-state index contributed by atoms with van der Waals surface area (Å²) in [4.78, 5) is 26.9. The zero-order valence-corrected chi connectivity index (χ0v) is 13.3. The zero-order chi connectivity index (χ0) is 17.4. The van der Waals surface area contributed by atoms with Gasteiger partial charge in [-0.15, -0.1) is 6.42 Å². The molecule has 118 valence electrons. The number of hydrogen-bond acceptors (Lipinski definition) is 2. The van der Waals surface area contributed by atoms with Crippen molar-refractivity contribution in [1.29, 1.82) is 0 Å². The number of nitrogens with zero attached hydrogens (tertiary/aromatic N) is 1. The van der Waals surface area contributed by atoms with Crippen LogP contribution >= 0.6 is 0 Å². The maximum absolute atomic E-state index is 13.0. The average Bonchev–Trinajstić information content (AvgIpc) is 2.93. The van der Waals surface area contributed by atoms with Crippen molar-refractivity contribution in [2.24, 2.45) is 0 Å². The van der Waals surface area contributed by atoms with Crippen molar-refractivity contribution in [2.75, 3.05) is 4.90 Å². The Kier molecular flexibility index (Phi) is 3.45. The van der Waals surface area contributed by atoms with Crippen molar-refractivity contribution < 1.29 is 9.59 Å². The second kappa shape index (κ2) is 5.77. The minimum Gasteiger partial charge on any atom is -0.268 e. The van der Waals surface area contributed by atoms with Crippen LogP contribution < -0.4 is 4.90 Å². The smallest absolute Gasteiger partial charge is 0.267 e. The van der Waals surface area contributed by atoms with Gasteiger partial charge in [0.15, 0.2) is 0 Å². The summed E-state index contributed by atoms with van der Waals surface area (Å²) in [5.41, 5.74) is 3.34. The van der Waals surface area contributed by atoms with E-state index in [9.17, 15) is 9.59 Å². The third-order valence-corrected chi connectivity index (χ3v) is 4.30. The summed E-state index contributed by atoms with van der Waals surface area (Å²) in [6, 6.07) is 22.0. The Morgan fingerprint density at radius 2 is 1.32 bits per heavy atom. The number of terminal acetylenes is 1. The number of benzene rings is 3. The predicted molar refractivity (Wildman–Crippen MR) is 97.4 cm³/mol. The highest BCUT2D eigenvalue weighted by Gasteiger charge is 2.39. The average molecular weight is 323 g/mol. The summed E-state index contributed by atoms with van der Waals surface area (Å²) < 4.78 is 0. The van der Waals surface area contributed by atoms with Gasteiger partial charge >= 0.3 is 0 Å². The van der Waals surface area contributed by atoms with E-state index in [0.29, 0.717) is 22.4 Å². The first kappa shape index (κ1) is 14.9. The SMILES string of the molecule is C#Cc1c(-c2ccccc2)ccc2c1C(=O)N(c1ccccc1)C2=O. The van der Waals surface area contributed by atoms with Gasteiger partial charge in [0.1, 0.15) is 0 Å². The van der Waals surface area contributed by atoms with Crippen LogP contribution in [0.5, 0.6) is 0 Å². The van der Waals surface area contributed by atoms with Crippen molar-refractivity contribution in [2.45, 2.75) is 0 Å². The molecule has 1 aliphatic heterocycles. The second-order valence-electron chi connectivity index (χ2n) is 5.70. The topological polar surface area (TPSA) is 37.4 Å². The van der Waals surface area contributed by atoms with Crippen molar-refractivity contribution in [3.05, 3.63) is 89.5 Å². The summed E-state index contributed by atoms with van der Waals surface area (Å²) in [5, 5.41) is 0. The molecule has 0 radical (unpaired) electrons. The lowest BCUT2D eigenvalue weighted by molar-refractivity contribution is 0.0926. The number of anilines is 1. The highest BCUT2D eigenvalue weighted by molar-refractivity contribution is 6.35. The number of imide groups is 1. The second-order valence-corrected chi connectivity index (χ2v) is 5.70. The fraction of sp³-hybridized carbons (Fsp3) is 0. The van der Waals surface area contributed by atoms with E-state index in [1.54, 1.807) is 30.3 Å². The highest BCUT2D eigenvalue weighted by atomic mass is 16.2. The predicted octanol–water partition coefficient (Wildman–Crippen LogP) is 4.14. The molecule has 0 atom stereocenters. The van der Waals surface area contributed by atoms with Crippen LogP contribution in [0.4, 0.5) is 5.69 Å². The Hall–Kier alpha value is -3.64. The molecule has 3 nitrogen and oxygen atoms in total. The number of rotatable bonds is 2. The minimum absolute atomic E-state index is 0.303. The van der Waals surface area contributed by atoms with E-state index < -0.39 is 0 Å². The summed E-state index contributed by atoms with van der Waals surface area (Å²) in [6.45, 7) is 0. The van der Waals surface area contributed by atoms with Gasteiger partial charge in [-0.3, -0.25) is 9.59 Å². The lowest BCUT2D eigenvalue weighted by Crippen LogP contribution is -2.29. The quantitative estimate of drug-likeness (QED) is 0.525. The molecule has 1 heterocycles. The summed E-state index contributed by atoms with van der Waals surface area (Å²) in [6.07, 6.45) is 5.72. The monoisotopic (exact) mass is 323 g/mol. The van der Waals surface area contributed by atoms with Gasteiger partial charge in [0.25, 0.3) is 11.8 Å². The van der Waals surface area contributed by atoms with Gasteiger partial charge in [0.05, 0.1) is 16.8 Å². The van der Waals surface area contributed by atoms with Crippen LogP contribution in [0.25, 0.3) is 11.1 Å². The van der Waals surface area contributed by atoms with E-state index in [4.69, 9.17) is 6.42 Å². The molecule has 3 aromatic carbocycles. The Bertz CT molecular complexity index is 1030. The maximum Gasteiger partial charge on any atom is 0.267 e. The third-order valence-electron chi connectivity index (χ3n) is 4.30. The molecule has 4 rings (SSSR count). The Morgan fingerprint density at radius 3 is 1.96 bits per heavy atom. The largest absolute Gasteiger partial charge is 0.268 e. The van der Waals surface area contributed by atoms with Crippen LogP contribution in [-0.2, 0) is 0 Å². The van der Waals surface area contributed by atoms with Crippen LogP contribution in [0, 0.1) is 12.3 Å². The van der Waals surface area contributed by atoms with Crippen molar-refractivity contribution >= 4 is 17.5 Å². The van der Waals surface area contributed by atoms with Crippen LogP contribution in [0.2, 0.25) is 0 Å². The Morgan fingerprint density at radius 1 is 0.720 bits per heavy atom. The molecule has 0 unspecified atom stereocenters. The number of para-hydroxylation sites is 1. The molecule has 0 spiro atoms. The van der Waals surface area contributed by atoms with E-state index >= 15 is 0 Å². The molecule has 0 bridgehead atoms. The molecule has 0 saturated carbocycles. The molecule has 0 N–H and O–H groups in total. The molecule has 25 heavy (non-hydrogen) atoms. The van der Waals surface area contributed by atoms with Crippen LogP contribution in [0.3, 0.4) is 0 Å². The molecular formula is C22H13NO2. The van der Waals surface area contributed by atoms with Crippen LogP contribution in [-0.4, -0.2) is 11.8 Å². The number of carbonyl (C=O) groups excluding carboxylic acids is 2. The van der Waals surface area contributed by atoms with E-state index in [1.165, 1.54) is 4.90 Å². The van der Waals surface area contributed by atoms with Crippen LogP contribution in [0.15, 0.2) is 72.8 Å². The van der Waals surface area contributed by atoms with Gasteiger partial charge in [-0.25, -0.2) is 4.90 Å². The molecule has 3 heteroatoms. The molecule has 0 fully saturated rings. The van der Waals surface area contributed by atoms with Gasteiger partial charge in [-0.05, 0) is 29.3 Å². The highest BCUT2D eigenvalue weighted by Crippen LogP contribution is 2.35. The van der Waals surface area contributed by atoms with E-state index in [2.05, 4.69) is 5.92 Å². The number of fused-ring (bicyclic) bond motifs is 1. The fourth-order valence-corrected chi connectivity index (χ4v) is 3.15. The summed E-state index contributed by atoms with van der Waals surface area (Å²) in [5.74, 6) is 1.89. The molecule has 0 aliphatic carbocycles. The molecule has 2 amide bonds. The normalized spacial score (nSPS) is 12.8. The van der Waals surface area contributed by atoms with E-state index in [1.807, 2.05) is 42.5 Å². The van der Waals surface area contributed by atoms with Crippen molar-refractivity contribution in [3.8, 4) is 23.5 Å². The number of amides is 2. The maximum atomic E-state index is 13.0.